The van der Waals surface area contributed by atoms with Crippen LogP contribution in [0.5, 0.6) is 17.2 Å². The highest BCUT2D eigenvalue weighted by Gasteiger charge is 2.22. The predicted octanol–water partition coefficient (Wildman–Crippen LogP) is 10.0. The minimum absolute atomic E-state index is 0.138. The van der Waals surface area contributed by atoms with Gasteiger partial charge in [-0.25, -0.2) is 0 Å². The number of benzene rings is 2. The van der Waals surface area contributed by atoms with Gasteiger partial charge in [-0.3, -0.25) is 4.79 Å². The number of rotatable bonds is 21. The van der Waals surface area contributed by atoms with Crippen LogP contribution < -0.4 is 19.5 Å². The molecule has 0 amide bonds. The summed E-state index contributed by atoms with van der Waals surface area (Å²) in [6.45, 7) is 8.38. The lowest BCUT2D eigenvalue weighted by atomic mass is 10.2. The van der Waals surface area contributed by atoms with Gasteiger partial charge >= 0.3 is 0 Å². The molecule has 2 rings (SSSR count). The maximum Gasteiger partial charge on any atom is 0.188 e. The Bertz CT molecular complexity index is 912. The van der Waals surface area contributed by atoms with E-state index in [0.717, 1.165) is 56.7 Å². The number of carbonyl (C=O) groups excluding carboxylic acids is 1. The SMILES string of the molecule is CCCCCCOc1cc(OCCCCCC)c(PC(=O)c2c(Cl)cccc2Cl)c(OCCCCCC)c1. The molecule has 1 unspecified atom stereocenters. The van der Waals surface area contributed by atoms with Crippen molar-refractivity contribution in [2.75, 3.05) is 19.8 Å². The molecule has 38 heavy (non-hydrogen) atoms. The van der Waals surface area contributed by atoms with Crippen molar-refractivity contribution in [1.82, 2.24) is 0 Å². The lowest BCUT2D eigenvalue weighted by Gasteiger charge is -2.19. The van der Waals surface area contributed by atoms with E-state index in [2.05, 4.69) is 20.8 Å². The molecule has 0 aliphatic carbocycles. The molecule has 2 aromatic carbocycles. The van der Waals surface area contributed by atoms with Gasteiger partial charge in [0.25, 0.3) is 0 Å². The molecular formula is C31H45Cl2O4P. The fourth-order valence-corrected chi connectivity index (χ4v) is 5.92. The van der Waals surface area contributed by atoms with Crippen LogP contribution in [0.4, 0.5) is 0 Å². The first-order chi connectivity index (χ1) is 18.5. The van der Waals surface area contributed by atoms with Crippen LogP contribution in [0.25, 0.3) is 0 Å². The van der Waals surface area contributed by atoms with Crippen molar-refractivity contribution in [3.05, 3.63) is 45.9 Å². The Hall–Kier alpha value is -1.48. The van der Waals surface area contributed by atoms with Crippen molar-refractivity contribution in [2.24, 2.45) is 0 Å². The van der Waals surface area contributed by atoms with Crippen molar-refractivity contribution < 1.29 is 19.0 Å². The van der Waals surface area contributed by atoms with Gasteiger partial charge < -0.3 is 14.2 Å². The number of halogens is 2. The van der Waals surface area contributed by atoms with Gasteiger partial charge in [0.15, 0.2) is 5.52 Å². The fourth-order valence-electron chi connectivity index (χ4n) is 4.03. The highest BCUT2D eigenvalue weighted by Crippen LogP contribution is 2.37. The standard InChI is InChI=1S/C31H45Cl2O4P/c1-4-7-10-13-19-35-24-22-27(36-20-14-11-8-5-2)30(28(23-24)37-21-15-12-9-6-3)38-31(34)29-25(32)17-16-18-26(29)33/h16-18,22-23,38H,4-15,19-21H2,1-3H3. The zero-order valence-electron chi connectivity index (χ0n) is 23.4. The van der Waals surface area contributed by atoms with Crippen LogP contribution >= 0.6 is 31.8 Å². The number of unbranched alkanes of at least 4 members (excludes halogenated alkanes) is 9. The summed E-state index contributed by atoms with van der Waals surface area (Å²) in [7, 11) is -0.244. The van der Waals surface area contributed by atoms with Crippen molar-refractivity contribution in [3.63, 3.8) is 0 Å². The molecule has 0 radical (unpaired) electrons. The molecule has 0 heterocycles. The highest BCUT2D eigenvalue weighted by molar-refractivity contribution is 7.66. The fraction of sp³-hybridized carbons (Fsp3) is 0.581. The van der Waals surface area contributed by atoms with E-state index in [-0.39, 0.29) is 14.1 Å². The van der Waals surface area contributed by atoms with E-state index in [9.17, 15) is 4.79 Å². The minimum atomic E-state index is -0.244. The van der Waals surface area contributed by atoms with Crippen molar-refractivity contribution in [1.29, 1.82) is 0 Å². The van der Waals surface area contributed by atoms with Gasteiger partial charge in [0.05, 0.1) is 40.7 Å². The first-order valence-electron chi connectivity index (χ1n) is 14.3. The third-order valence-electron chi connectivity index (χ3n) is 6.25. The minimum Gasteiger partial charge on any atom is -0.493 e. The lowest BCUT2D eigenvalue weighted by molar-refractivity contribution is 0.108. The summed E-state index contributed by atoms with van der Waals surface area (Å²) in [6.07, 6.45) is 13.3. The number of hydrogen-bond donors (Lipinski definition) is 0. The van der Waals surface area contributed by atoms with Gasteiger partial charge in [-0.15, -0.1) is 0 Å². The quantitative estimate of drug-likeness (QED) is 0.108. The Balaban J connectivity index is 2.34. The molecule has 0 N–H and O–H groups in total. The monoisotopic (exact) mass is 582 g/mol. The van der Waals surface area contributed by atoms with E-state index in [1.54, 1.807) is 18.2 Å². The van der Waals surface area contributed by atoms with Crippen molar-refractivity contribution in [2.45, 2.75) is 97.8 Å². The highest BCUT2D eigenvalue weighted by atomic mass is 35.5. The third kappa shape index (κ3) is 11.7. The molecule has 0 saturated heterocycles. The first kappa shape index (κ1) is 32.7. The van der Waals surface area contributed by atoms with Gasteiger partial charge in [0, 0.05) is 12.1 Å². The van der Waals surface area contributed by atoms with Gasteiger partial charge in [-0.05, 0) is 40.0 Å². The van der Waals surface area contributed by atoms with Crippen LogP contribution in [0.2, 0.25) is 10.0 Å². The van der Waals surface area contributed by atoms with Crippen LogP contribution in [0.3, 0.4) is 0 Å². The molecule has 0 aliphatic heterocycles. The molecule has 0 spiro atoms. The summed E-state index contributed by atoms with van der Waals surface area (Å²) in [6, 6.07) is 8.95. The van der Waals surface area contributed by atoms with Crippen LogP contribution in [0.15, 0.2) is 30.3 Å². The maximum absolute atomic E-state index is 13.4. The molecule has 0 fully saturated rings. The van der Waals surface area contributed by atoms with E-state index in [0.29, 0.717) is 52.7 Å². The van der Waals surface area contributed by atoms with Crippen LogP contribution in [-0.2, 0) is 0 Å². The Kier molecular flexibility index (Phi) is 16.8. The molecule has 0 bridgehead atoms. The summed E-state index contributed by atoms with van der Waals surface area (Å²) in [5.74, 6) is 2.00. The predicted molar refractivity (Wildman–Crippen MR) is 164 cm³/mol. The molecule has 4 nitrogen and oxygen atoms in total. The zero-order valence-corrected chi connectivity index (χ0v) is 25.9. The van der Waals surface area contributed by atoms with Crippen molar-refractivity contribution in [3.8, 4) is 17.2 Å². The largest absolute Gasteiger partial charge is 0.493 e. The molecule has 1 atom stereocenters. The number of hydrogen-bond acceptors (Lipinski definition) is 4. The molecule has 0 aliphatic rings. The van der Waals surface area contributed by atoms with Crippen LogP contribution in [0.1, 0.15) is 108 Å². The van der Waals surface area contributed by atoms with E-state index in [1.807, 2.05) is 12.1 Å². The van der Waals surface area contributed by atoms with E-state index in [4.69, 9.17) is 37.4 Å². The van der Waals surface area contributed by atoms with Gasteiger partial charge in [-0.1, -0.05) is 108 Å². The molecule has 0 aromatic heterocycles. The third-order valence-corrected chi connectivity index (χ3v) is 8.10. The zero-order chi connectivity index (χ0) is 27.6. The molecule has 0 saturated carbocycles. The lowest BCUT2D eigenvalue weighted by Crippen LogP contribution is -2.14. The Morgan fingerprint density at radius 1 is 0.684 bits per heavy atom. The first-order valence-corrected chi connectivity index (χ1v) is 16.1. The second kappa shape index (κ2) is 19.6. The Morgan fingerprint density at radius 3 is 1.58 bits per heavy atom. The topological polar surface area (TPSA) is 44.8 Å². The van der Waals surface area contributed by atoms with E-state index < -0.39 is 0 Å². The normalized spacial score (nSPS) is 11.3. The summed E-state index contributed by atoms with van der Waals surface area (Å²) < 4.78 is 18.7. The second-order valence-electron chi connectivity index (χ2n) is 9.57. The summed E-state index contributed by atoms with van der Waals surface area (Å²) in [5.41, 5.74) is 0.203. The van der Waals surface area contributed by atoms with Crippen LogP contribution in [-0.4, -0.2) is 25.3 Å². The molecular weight excluding hydrogens is 538 g/mol. The van der Waals surface area contributed by atoms with Crippen LogP contribution in [0, 0.1) is 0 Å². The maximum atomic E-state index is 13.4. The summed E-state index contributed by atoms with van der Waals surface area (Å²) in [5, 5.41) is 1.45. The van der Waals surface area contributed by atoms with E-state index in [1.165, 1.54) is 25.7 Å². The molecule has 212 valence electrons. The van der Waals surface area contributed by atoms with Gasteiger partial charge in [0.2, 0.25) is 0 Å². The van der Waals surface area contributed by atoms with Gasteiger partial charge in [0.1, 0.15) is 17.2 Å². The Morgan fingerprint density at radius 2 is 1.13 bits per heavy atom. The second-order valence-corrected chi connectivity index (χ2v) is 11.6. The number of carbonyl (C=O) groups is 1. The average molecular weight is 584 g/mol. The summed E-state index contributed by atoms with van der Waals surface area (Å²) in [4.78, 5) is 13.4. The van der Waals surface area contributed by atoms with E-state index >= 15 is 0 Å². The van der Waals surface area contributed by atoms with Crippen molar-refractivity contribution >= 4 is 42.6 Å². The smallest absolute Gasteiger partial charge is 0.188 e. The molecule has 7 heteroatoms. The number of ether oxygens (including phenoxy) is 3. The Labute approximate surface area is 241 Å². The average Bonchev–Trinajstić information content (AvgIpc) is 2.89. The van der Waals surface area contributed by atoms with Gasteiger partial charge in [-0.2, -0.15) is 0 Å². The molecule has 2 aromatic rings. The summed E-state index contributed by atoms with van der Waals surface area (Å²) >= 11 is 12.7.